The summed E-state index contributed by atoms with van der Waals surface area (Å²) in [5, 5.41) is 0.465. The molecule has 0 spiro atoms. The molecule has 2 amide bonds. The quantitative estimate of drug-likeness (QED) is 0.489. The molecule has 6 heteroatoms. The van der Waals surface area contributed by atoms with Crippen LogP contribution in [0.4, 0.5) is 5.69 Å². The van der Waals surface area contributed by atoms with Crippen molar-refractivity contribution in [3.05, 3.63) is 93.2 Å². The molecule has 146 valence electrons. The molecule has 0 saturated carbocycles. The number of hydrogen-bond donors (Lipinski definition) is 0. The number of furan rings is 1. The summed E-state index contributed by atoms with van der Waals surface area (Å²) in [7, 11) is 0. The van der Waals surface area contributed by atoms with Gasteiger partial charge in [-0.05, 0) is 60.9 Å². The molecule has 2 aromatic carbocycles. The Hall–Kier alpha value is -2.76. The van der Waals surface area contributed by atoms with Crippen LogP contribution in [-0.2, 0) is 15.3 Å². The van der Waals surface area contributed by atoms with Gasteiger partial charge in [-0.1, -0.05) is 35.9 Å². The molecule has 0 radical (unpaired) electrons. The maximum Gasteiger partial charge on any atom is 0.272 e. The minimum Gasteiger partial charge on any atom is -0.468 e. The van der Waals surface area contributed by atoms with Crippen LogP contribution in [0.3, 0.4) is 0 Å². The normalized spacial score (nSPS) is 14.2. The fourth-order valence-corrected chi connectivity index (χ4v) is 4.38. The van der Waals surface area contributed by atoms with E-state index in [1.54, 1.807) is 36.6 Å². The van der Waals surface area contributed by atoms with Crippen LogP contribution in [0.2, 0.25) is 5.02 Å². The first-order valence-corrected chi connectivity index (χ1v) is 10.4. The number of hydrogen-bond acceptors (Lipinski definition) is 4. The standard InChI is InChI=1S/C23H18ClNO3S/c1-14-8-9-16(11-15(14)2)20-21(29-13-19-7-4-10-28-19)23(27)25(22(20)26)18-6-3-5-17(24)12-18/h3-12H,13H2,1-2H3. The molecular weight excluding hydrogens is 406 g/mol. The Kier molecular flexibility index (Phi) is 5.35. The van der Waals surface area contributed by atoms with Crippen molar-refractivity contribution >= 4 is 46.4 Å². The van der Waals surface area contributed by atoms with E-state index in [2.05, 4.69) is 0 Å². The van der Waals surface area contributed by atoms with E-state index in [0.29, 0.717) is 26.9 Å². The van der Waals surface area contributed by atoms with Crippen molar-refractivity contribution < 1.29 is 14.0 Å². The Bertz CT molecular complexity index is 1130. The van der Waals surface area contributed by atoms with E-state index in [4.69, 9.17) is 16.0 Å². The lowest BCUT2D eigenvalue weighted by Gasteiger charge is -2.15. The number of halogens is 1. The van der Waals surface area contributed by atoms with Crippen LogP contribution in [0.15, 0.2) is 70.2 Å². The van der Waals surface area contributed by atoms with Gasteiger partial charge in [0.15, 0.2) is 0 Å². The van der Waals surface area contributed by atoms with Crippen molar-refractivity contribution in [1.29, 1.82) is 0 Å². The van der Waals surface area contributed by atoms with Crippen LogP contribution in [0.25, 0.3) is 5.57 Å². The Morgan fingerprint density at radius 1 is 0.966 bits per heavy atom. The average Bonchev–Trinajstić information content (AvgIpc) is 3.28. The molecule has 1 aliphatic rings. The fourth-order valence-electron chi connectivity index (χ4n) is 3.18. The topological polar surface area (TPSA) is 50.5 Å². The Morgan fingerprint density at radius 2 is 1.79 bits per heavy atom. The Morgan fingerprint density at radius 3 is 2.48 bits per heavy atom. The number of carbonyl (C=O) groups is 2. The van der Waals surface area contributed by atoms with E-state index >= 15 is 0 Å². The van der Waals surface area contributed by atoms with Gasteiger partial charge in [0.2, 0.25) is 0 Å². The molecule has 0 atom stereocenters. The second-order valence-corrected chi connectivity index (χ2v) is 8.22. The summed E-state index contributed by atoms with van der Waals surface area (Å²) >= 11 is 7.40. The maximum absolute atomic E-state index is 13.4. The maximum atomic E-state index is 13.4. The molecule has 1 aliphatic heterocycles. The predicted octanol–water partition coefficient (Wildman–Crippen LogP) is 5.77. The van der Waals surface area contributed by atoms with Gasteiger partial charge < -0.3 is 4.42 Å². The van der Waals surface area contributed by atoms with E-state index in [9.17, 15) is 9.59 Å². The molecule has 1 aromatic heterocycles. The van der Waals surface area contributed by atoms with E-state index in [1.807, 2.05) is 38.1 Å². The number of amides is 2. The van der Waals surface area contributed by atoms with Crippen molar-refractivity contribution in [2.45, 2.75) is 19.6 Å². The first-order chi connectivity index (χ1) is 14.0. The lowest BCUT2D eigenvalue weighted by molar-refractivity contribution is -0.119. The first-order valence-electron chi connectivity index (χ1n) is 9.07. The zero-order valence-electron chi connectivity index (χ0n) is 15.9. The van der Waals surface area contributed by atoms with Gasteiger partial charge in [0.25, 0.3) is 11.8 Å². The second kappa shape index (κ2) is 7.93. The number of imide groups is 1. The van der Waals surface area contributed by atoms with Gasteiger partial charge in [-0.25, -0.2) is 4.90 Å². The minimum absolute atomic E-state index is 0.345. The summed E-state index contributed by atoms with van der Waals surface area (Å²) in [5.41, 5.74) is 3.80. The summed E-state index contributed by atoms with van der Waals surface area (Å²) < 4.78 is 5.39. The monoisotopic (exact) mass is 423 g/mol. The van der Waals surface area contributed by atoms with Crippen LogP contribution in [-0.4, -0.2) is 11.8 Å². The highest BCUT2D eigenvalue weighted by Crippen LogP contribution is 2.40. The molecular formula is C23H18ClNO3S. The summed E-state index contributed by atoms with van der Waals surface area (Å²) in [4.78, 5) is 28.2. The third-order valence-corrected chi connectivity index (χ3v) is 6.17. The van der Waals surface area contributed by atoms with Gasteiger partial charge in [0, 0.05) is 5.02 Å². The van der Waals surface area contributed by atoms with Crippen LogP contribution in [0, 0.1) is 13.8 Å². The molecule has 3 aromatic rings. The SMILES string of the molecule is Cc1ccc(C2=C(SCc3ccco3)C(=O)N(c3cccc(Cl)c3)C2=O)cc1C. The van der Waals surface area contributed by atoms with Gasteiger partial charge >= 0.3 is 0 Å². The van der Waals surface area contributed by atoms with Crippen molar-refractivity contribution in [3.8, 4) is 0 Å². The van der Waals surface area contributed by atoms with Gasteiger partial charge in [-0.2, -0.15) is 0 Å². The van der Waals surface area contributed by atoms with Crippen molar-refractivity contribution in [1.82, 2.24) is 0 Å². The number of benzene rings is 2. The highest BCUT2D eigenvalue weighted by atomic mass is 35.5. The van der Waals surface area contributed by atoms with Crippen LogP contribution in [0.1, 0.15) is 22.5 Å². The number of nitrogens with zero attached hydrogens (tertiary/aromatic N) is 1. The van der Waals surface area contributed by atoms with E-state index in [0.717, 1.165) is 22.5 Å². The molecule has 0 saturated heterocycles. The van der Waals surface area contributed by atoms with Gasteiger partial charge in [0.1, 0.15) is 5.76 Å². The van der Waals surface area contributed by atoms with Crippen molar-refractivity contribution in [3.63, 3.8) is 0 Å². The molecule has 29 heavy (non-hydrogen) atoms. The van der Waals surface area contributed by atoms with Crippen LogP contribution in [0.5, 0.6) is 0 Å². The molecule has 0 N–H and O–H groups in total. The van der Waals surface area contributed by atoms with Gasteiger partial charge in [0.05, 0.1) is 28.2 Å². The zero-order chi connectivity index (χ0) is 20.5. The van der Waals surface area contributed by atoms with E-state index < -0.39 is 0 Å². The van der Waals surface area contributed by atoms with Crippen molar-refractivity contribution in [2.24, 2.45) is 0 Å². The Labute approximate surface area is 178 Å². The number of carbonyl (C=O) groups excluding carboxylic acids is 2. The lowest BCUT2D eigenvalue weighted by Crippen LogP contribution is -2.31. The molecule has 0 unspecified atom stereocenters. The largest absolute Gasteiger partial charge is 0.468 e. The van der Waals surface area contributed by atoms with Gasteiger partial charge in [-0.3, -0.25) is 9.59 Å². The molecule has 0 aliphatic carbocycles. The lowest BCUT2D eigenvalue weighted by atomic mass is 10.0. The second-order valence-electron chi connectivity index (χ2n) is 6.80. The summed E-state index contributed by atoms with van der Waals surface area (Å²) in [6, 6.07) is 16.2. The third-order valence-electron chi connectivity index (χ3n) is 4.84. The number of aryl methyl sites for hydroxylation is 2. The van der Waals surface area contributed by atoms with Crippen LogP contribution < -0.4 is 4.90 Å². The molecule has 0 bridgehead atoms. The Balaban J connectivity index is 1.78. The van der Waals surface area contributed by atoms with Crippen LogP contribution >= 0.6 is 23.4 Å². The third kappa shape index (κ3) is 3.76. The van der Waals surface area contributed by atoms with Crippen molar-refractivity contribution in [2.75, 3.05) is 4.90 Å². The highest BCUT2D eigenvalue weighted by Gasteiger charge is 2.40. The fraction of sp³-hybridized carbons (Fsp3) is 0.130. The van der Waals surface area contributed by atoms with E-state index in [1.165, 1.54) is 16.7 Å². The molecule has 4 rings (SSSR count). The summed E-state index contributed by atoms with van der Waals surface area (Å²) in [6.45, 7) is 4.00. The van der Waals surface area contributed by atoms with Gasteiger partial charge in [-0.15, -0.1) is 11.8 Å². The summed E-state index contributed by atoms with van der Waals surface area (Å²) in [6.07, 6.45) is 1.59. The smallest absolute Gasteiger partial charge is 0.272 e. The number of thioether (sulfide) groups is 1. The summed E-state index contributed by atoms with van der Waals surface area (Å²) in [5.74, 6) is 0.506. The molecule has 0 fully saturated rings. The predicted molar refractivity (Wildman–Crippen MR) is 117 cm³/mol. The molecule has 2 heterocycles. The zero-order valence-corrected chi connectivity index (χ0v) is 17.5. The van der Waals surface area contributed by atoms with E-state index in [-0.39, 0.29) is 11.8 Å². The first kappa shape index (κ1) is 19.6. The average molecular weight is 424 g/mol. The molecule has 4 nitrogen and oxygen atoms in total. The number of anilines is 1. The highest BCUT2D eigenvalue weighted by molar-refractivity contribution is 8.03. The number of rotatable bonds is 5. The minimum atomic E-state index is -0.345.